The molecule has 0 aromatic rings. The van der Waals surface area contributed by atoms with Crippen molar-refractivity contribution in [3.05, 3.63) is 0 Å². The van der Waals surface area contributed by atoms with E-state index < -0.39 is 0 Å². The van der Waals surface area contributed by atoms with Crippen LogP contribution in [-0.2, 0) is 4.74 Å². The van der Waals surface area contributed by atoms with E-state index in [1.807, 2.05) is 0 Å². The van der Waals surface area contributed by atoms with Crippen molar-refractivity contribution in [3.8, 4) is 0 Å². The highest BCUT2D eigenvalue weighted by Crippen LogP contribution is 2.43. The van der Waals surface area contributed by atoms with Crippen LogP contribution in [0.1, 0.15) is 83.5 Å². The van der Waals surface area contributed by atoms with Gasteiger partial charge in [-0.1, -0.05) is 51.4 Å². The highest BCUT2D eigenvalue weighted by Gasteiger charge is 2.42. The first-order valence-electron chi connectivity index (χ1n) is 9.41. The molecule has 2 atom stereocenters. The molecule has 1 aliphatic heterocycles. The zero-order valence-corrected chi connectivity index (χ0v) is 13.6. The van der Waals surface area contributed by atoms with Crippen molar-refractivity contribution in [2.75, 3.05) is 6.61 Å². The molecule has 0 aromatic carbocycles. The van der Waals surface area contributed by atoms with Gasteiger partial charge < -0.3 is 4.74 Å². The first kappa shape index (κ1) is 15.8. The van der Waals surface area contributed by atoms with Crippen LogP contribution < -0.4 is 11.3 Å². The summed E-state index contributed by atoms with van der Waals surface area (Å²) in [4.78, 5) is 0. The quantitative estimate of drug-likeness (QED) is 0.469. The van der Waals surface area contributed by atoms with Crippen LogP contribution >= 0.6 is 0 Å². The molecule has 1 heterocycles. The second-order valence-corrected chi connectivity index (χ2v) is 7.86. The molecule has 3 N–H and O–H groups in total. The molecular formula is C18H34N2O. The highest BCUT2D eigenvalue weighted by molar-refractivity contribution is 4.94. The molecule has 0 amide bonds. The Labute approximate surface area is 130 Å². The summed E-state index contributed by atoms with van der Waals surface area (Å²) in [5.41, 5.74) is 3.41. The molecule has 3 aliphatic rings. The molecule has 0 radical (unpaired) electrons. The average molecular weight is 294 g/mol. The fourth-order valence-corrected chi connectivity index (χ4v) is 5.13. The van der Waals surface area contributed by atoms with E-state index in [0.717, 1.165) is 18.4 Å². The minimum absolute atomic E-state index is 0.224. The van der Waals surface area contributed by atoms with Crippen molar-refractivity contribution >= 4 is 0 Å². The lowest BCUT2D eigenvalue weighted by atomic mass is 9.77. The van der Waals surface area contributed by atoms with Gasteiger partial charge in [0.1, 0.15) is 0 Å². The smallest absolute Gasteiger partial charge is 0.0685 e. The first-order chi connectivity index (χ1) is 10.3. The third-order valence-electron chi connectivity index (χ3n) is 6.39. The Morgan fingerprint density at radius 2 is 1.71 bits per heavy atom. The fourth-order valence-electron chi connectivity index (χ4n) is 5.13. The number of hydrogen-bond acceptors (Lipinski definition) is 3. The minimum atomic E-state index is 0.224. The second kappa shape index (κ2) is 7.43. The monoisotopic (exact) mass is 294 g/mol. The number of rotatable bonds is 4. The zero-order chi connectivity index (χ0) is 14.5. The average Bonchev–Trinajstić information content (AvgIpc) is 2.79. The van der Waals surface area contributed by atoms with Crippen molar-refractivity contribution in [1.29, 1.82) is 0 Å². The Balaban J connectivity index is 1.56. The van der Waals surface area contributed by atoms with Crippen molar-refractivity contribution < 1.29 is 4.74 Å². The lowest BCUT2D eigenvalue weighted by Gasteiger charge is -2.42. The van der Waals surface area contributed by atoms with Crippen molar-refractivity contribution in [3.63, 3.8) is 0 Å². The maximum absolute atomic E-state index is 6.19. The van der Waals surface area contributed by atoms with E-state index in [1.165, 1.54) is 83.5 Å². The molecule has 3 nitrogen and oxygen atoms in total. The summed E-state index contributed by atoms with van der Waals surface area (Å²) in [5.74, 6) is 7.58. The van der Waals surface area contributed by atoms with Gasteiger partial charge in [0.05, 0.1) is 5.60 Å². The summed E-state index contributed by atoms with van der Waals surface area (Å²) in [5, 5.41) is 0. The summed E-state index contributed by atoms with van der Waals surface area (Å²) in [6, 6.07) is 0.509. The normalized spacial score (nSPS) is 32.1. The summed E-state index contributed by atoms with van der Waals surface area (Å²) in [7, 11) is 0. The van der Waals surface area contributed by atoms with Crippen molar-refractivity contribution in [1.82, 2.24) is 5.43 Å². The van der Waals surface area contributed by atoms with E-state index in [1.54, 1.807) is 0 Å². The van der Waals surface area contributed by atoms with Crippen LogP contribution in [0, 0.1) is 11.8 Å². The molecular weight excluding hydrogens is 260 g/mol. The third kappa shape index (κ3) is 4.00. The number of hydrazine groups is 1. The number of nitrogens with two attached hydrogens (primary N) is 1. The maximum atomic E-state index is 6.19. The predicted molar refractivity (Wildman–Crippen MR) is 86.8 cm³/mol. The third-order valence-corrected chi connectivity index (χ3v) is 6.39. The van der Waals surface area contributed by atoms with Gasteiger partial charge in [-0.15, -0.1) is 0 Å². The summed E-state index contributed by atoms with van der Waals surface area (Å²) >= 11 is 0. The van der Waals surface area contributed by atoms with Crippen LogP contribution in [-0.4, -0.2) is 18.2 Å². The van der Waals surface area contributed by atoms with Crippen LogP contribution in [0.3, 0.4) is 0 Å². The van der Waals surface area contributed by atoms with Crippen LogP contribution in [0.25, 0.3) is 0 Å². The van der Waals surface area contributed by atoms with E-state index in [9.17, 15) is 0 Å². The maximum Gasteiger partial charge on any atom is 0.0685 e. The molecule has 3 heteroatoms. The van der Waals surface area contributed by atoms with E-state index in [-0.39, 0.29) is 5.60 Å². The largest absolute Gasteiger partial charge is 0.375 e. The molecule has 1 spiro atoms. The van der Waals surface area contributed by atoms with Crippen molar-refractivity contribution in [2.45, 2.75) is 95.1 Å². The molecule has 0 aromatic heterocycles. The van der Waals surface area contributed by atoms with Gasteiger partial charge in [-0.2, -0.15) is 0 Å². The van der Waals surface area contributed by atoms with Gasteiger partial charge >= 0.3 is 0 Å². The van der Waals surface area contributed by atoms with E-state index in [4.69, 9.17) is 10.6 Å². The molecule has 1 saturated heterocycles. The highest BCUT2D eigenvalue weighted by atomic mass is 16.5. The molecule has 0 bridgehead atoms. The van der Waals surface area contributed by atoms with Gasteiger partial charge in [-0.05, 0) is 43.9 Å². The lowest BCUT2D eigenvalue weighted by molar-refractivity contribution is -0.0990. The topological polar surface area (TPSA) is 47.3 Å². The molecule has 2 saturated carbocycles. The van der Waals surface area contributed by atoms with Crippen LogP contribution in [0.15, 0.2) is 0 Å². The van der Waals surface area contributed by atoms with Gasteiger partial charge in [-0.25, -0.2) is 0 Å². The Morgan fingerprint density at radius 1 is 1.00 bits per heavy atom. The van der Waals surface area contributed by atoms with Gasteiger partial charge in [-0.3, -0.25) is 11.3 Å². The summed E-state index contributed by atoms with van der Waals surface area (Å²) in [6.45, 7) is 0.952. The van der Waals surface area contributed by atoms with Crippen LogP contribution in [0.4, 0.5) is 0 Å². The number of nitrogens with one attached hydrogen (secondary N) is 1. The SMILES string of the molecule is NNC(CC1CCCCCC1)C1CCOC2(CCCC2)C1. The van der Waals surface area contributed by atoms with E-state index in [2.05, 4.69) is 5.43 Å². The van der Waals surface area contributed by atoms with Gasteiger partial charge in [0.2, 0.25) is 0 Å². The zero-order valence-electron chi connectivity index (χ0n) is 13.6. The van der Waals surface area contributed by atoms with Gasteiger partial charge in [0.25, 0.3) is 0 Å². The number of ether oxygens (including phenoxy) is 1. The van der Waals surface area contributed by atoms with Crippen molar-refractivity contribution in [2.24, 2.45) is 17.7 Å². The van der Waals surface area contributed by atoms with Crippen LogP contribution in [0.2, 0.25) is 0 Å². The molecule has 122 valence electrons. The summed E-state index contributed by atoms with van der Waals surface area (Å²) < 4.78 is 6.19. The Morgan fingerprint density at radius 3 is 2.38 bits per heavy atom. The fraction of sp³-hybridized carbons (Fsp3) is 1.00. The Hall–Kier alpha value is -0.120. The molecule has 2 aliphatic carbocycles. The first-order valence-corrected chi connectivity index (χ1v) is 9.41. The van der Waals surface area contributed by atoms with Crippen LogP contribution in [0.5, 0.6) is 0 Å². The molecule has 2 unspecified atom stereocenters. The lowest BCUT2D eigenvalue weighted by Crippen LogP contribution is -2.48. The van der Waals surface area contributed by atoms with Gasteiger partial charge in [0, 0.05) is 12.6 Å². The molecule has 21 heavy (non-hydrogen) atoms. The molecule has 3 rings (SSSR count). The molecule has 3 fully saturated rings. The van der Waals surface area contributed by atoms with E-state index >= 15 is 0 Å². The Bertz CT molecular complexity index is 306. The standard InChI is InChI=1S/C18H34N2O/c19-20-17(13-15-7-3-1-2-4-8-15)16-9-12-21-18(14-16)10-5-6-11-18/h15-17,20H,1-14,19H2. The van der Waals surface area contributed by atoms with Gasteiger partial charge in [0.15, 0.2) is 0 Å². The minimum Gasteiger partial charge on any atom is -0.375 e. The number of hydrogen-bond donors (Lipinski definition) is 2. The second-order valence-electron chi connectivity index (χ2n) is 7.86. The van der Waals surface area contributed by atoms with E-state index in [0.29, 0.717) is 6.04 Å². The Kier molecular flexibility index (Phi) is 5.58. The summed E-state index contributed by atoms with van der Waals surface area (Å²) in [6.07, 6.45) is 17.6. The predicted octanol–water partition coefficient (Wildman–Crippen LogP) is 3.92.